The van der Waals surface area contributed by atoms with Crippen LogP contribution >= 0.6 is 0 Å². The topological polar surface area (TPSA) is 27.7 Å². The Morgan fingerprint density at radius 3 is 1.74 bits per heavy atom. The van der Waals surface area contributed by atoms with E-state index in [0.29, 0.717) is 0 Å². The van der Waals surface area contributed by atoms with E-state index in [4.69, 9.17) is 13.6 Å². The minimum absolute atomic E-state index is 0.758. The van der Waals surface area contributed by atoms with E-state index in [9.17, 15) is 0 Å². The van der Waals surface area contributed by atoms with Crippen molar-refractivity contribution in [1.82, 2.24) is 0 Å². The molecular weight excluding hydrogens is 272 g/mol. The van der Waals surface area contributed by atoms with Crippen molar-refractivity contribution >= 4 is 17.4 Å². The second-order valence-corrected chi connectivity index (χ2v) is 12.8. The van der Waals surface area contributed by atoms with Crippen LogP contribution in [0.3, 0.4) is 0 Å². The molecular formula is C14H34O3Si2. The van der Waals surface area contributed by atoms with Crippen LogP contribution in [0.25, 0.3) is 0 Å². The van der Waals surface area contributed by atoms with Crippen LogP contribution in [0.4, 0.5) is 0 Å². The van der Waals surface area contributed by atoms with Crippen molar-refractivity contribution in [2.75, 3.05) is 26.4 Å². The molecule has 0 aliphatic carbocycles. The maximum Gasteiger partial charge on any atom is 0.323 e. The van der Waals surface area contributed by atoms with Gasteiger partial charge in [0.05, 0.1) is 8.07 Å². The molecule has 0 unspecified atom stereocenters. The molecule has 0 aliphatic rings. The van der Waals surface area contributed by atoms with Crippen molar-refractivity contribution in [1.29, 1.82) is 0 Å². The van der Waals surface area contributed by atoms with E-state index < -0.39 is 17.4 Å². The Morgan fingerprint density at radius 2 is 1.32 bits per heavy atom. The van der Waals surface area contributed by atoms with Gasteiger partial charge in [-0.15, -0.1) is 0 Å². The Labute approximate surface area is 122 Å². The van der Waals surface area contributed by atoms with Gasteiger partial charge in [-0.2, -0.15) is 0 Å². The van der Waals surface area contributed by atoms with Gasteiger partial charge >= 0.3 is 9.28 Å². The highest BCUT2D eigenvalue weighted by Gasteiger charge is 2.25. The van der Waals surface area contributed by atoms with Gasteiger partial charge in [-0.3, -0.25) is 0 Å². The Hall–Kier alpha value is 0.314. The van der Waals surface area contributed by atoms with Gasteiger partial charge in [-0.05, 0) is 19.9 Å². The molecule has 0 spiro atoms. The maximum absolute atomic E-state index is 5.83. The Balaban J connectivity index is 3.78. The summed E-state index contributed by atoms with van der Waals surface area (Å²) in [5.74, 6) is 0. The van der Waals surface area contributed by atoms with Crippen LogP contribution in [-0.2, 0) is 13.6 Å². The van der Waals surface area contributed by atoms with Gasteiger partial charge in [-0.1, -0.05) is 38.9 Å². The second kappa shape index (κ2) is 12.1. The Bertz CT molecular complexity index is 185. The van der Waals surface area contributed by atoms with E-state index in [-0.39, 0.29) is 0 Å². The van der Waals surface area contributed by atoms with Crippen molar-refractivity contribution in [2.45, 2.75) is 64.8 Å². The summed E-state index contributed by atoms with van der Waals surface area (Å²) in [4.78, 5) is 0. The summed E-state index contributed by atoms with van der Waals surface area (Å²) in [5.41, 5.74) is 0. The lowest BCUT2D eigenvalue weighted by molar-refractivity contribution is 0.145. The van der Waals surface area contributed by atoms with Crippen LogP contribution < -0.4 is 0 Å². The van der Waals surface area contributed by atoms with Crippen LogP contribution in [0.5, 0.6) is 0 Å². The molecule has 0 aliphatic heterocycles. The average molecular weight is 307 g/mol. The van der Waals surface area contributed by atoms with Crippen LogP contribution in [0, 0.1) is 0 Å². The molecule has 0 aromatic carbocycles. The molecule has 116 valence electrons. The smallest absolute Gasteiger partial charge is 0.323 e. The first-order chi connectivity index (χ1) is 9.17. The van der Waals surface area contributed by atoms with E-state index in [0.717, 1.165) is 32.5 Å². The average Bonchev–Trinajstić information content (AvgIpc) is 2.44. The summed E-state index contributed by atoms with van der Waals surface area (Å²) in [6.07, 6.45) is 0. The fourth-order valence-electron chi connectivity index (χ4n) is 2.44. The zero-order valence-electron chi connectivity index (χ0n) is 13.7. The maximum atomic E-state index is 5.83. The van der Waals surface area contributed by atoms with Crippen molar-refractivity contribution in [2.24, 2.45) is 0 Å². The van der Waals surface area contributed by atoms with Gasteiger partial charge in [0.15, 0.2) is 0 Å². The molecule has 0 rings (SSSR count). The zero-order valence-corrected chi connectivity index (χ0v) is 15.8. The number of hydrogen-bond acceptors (Lipinski definition) is 3. The predicted molar refractivity (Wildman–Crippen MR) is 88.0 cm³/mol. The van der Waals surface area contributed by atoms with Crippen molar-refractivity contribution in [3.05, 3.63) is 0 Å². The van der Waals surface area contributed by atoms with E-state index >= 15 is 0 Å². The third-order valence-electron chi connectivity index (χ3n) is 4.23. The lowest BCUT2D eigenvalue weighted by atomic mass is 10.8. The highest BCUT2D eigenvalue weighted by Crippen LogP contribution is 2.24. The van der Waals surface area contributed by atoms with Crippen molar-refractivity contribution in [3.8, 4) is 0 Å². The molecule has 0 aromatic heterocycles. The highest BCUT2D eigenvalue weighted by molar-refractivity contribution is 6.79. The molecule has 19 heavy (non-hydrogen) atoms. The summed E-state index contributed by atoms with van der Waals surface area (Å²) in [5, 5.41) is 0. The molecule has 0 bridgehead atoms. The number of ether oxygens (including phenoxy) is 1. The zero-order chi connectivity index (χ0) is 14.6. The normalized spacial score (nSPS) is 12.3. The summed E-state index contributed by atoms with van der Waals surface area (Å²) < 4.78 is 17.1. The van der Waals surface area contributed by atoms with Gasteiger partial charge < -0.3 is 13.6 Å². The quantitative estimate of drug-likeness (QED) is 0.382. The molecule has 0 heterocycles. The van der Waals surface area contributed by atoms with E-state index in [2.05, 4.69) is 20.8 Å². The molecule has 0 N–H and O–H groups in total. The lowest BCUT2D eigenvalue weighted by Gasteiger charge is -2.27. The SMILES string of the molecule is CCO[SiH](CCOCC[Si](CC)(CC)CC)OCC. The summed E-state index contributed by atoms with van der Waals surface area (Å²) in [6.45, 7) is 14.4. The number of hydrogen-bond donors (Lipinski definition) is 0. The lowest BCUT2D eigenvalue weighted by Crippen LogP contribution is -2.32. The van der Waals surface area contributed by atoms with Crippen LogP contribution in [-0.4, -0.2) is 43.8 Å². The predicted octanol–water partition coefficient (Wildman–Crippen LogP) is 3.81. The van der Waals surface area contributed by atoms with Gasteiger partial charge in [0.25, 0.3) is 0 Å². The van der Waals surface area contributed by atoms with Gasteiger partial charge in [0, 0.05) is 32.5 Å². The molecule has 0 saturated carbocycles. The molecule has 0 amide bonds. The fourth-order valence-corrected chi connectivity index (χ4v) is 7.11. The van der Waals surface area contributed by atoms with Gasteiger partial charge in [-0.25, -0.2) is 0 Å². The monoisotopic (exact) mass is 306 g/mol. The molecule has 0 saturated heterocycles. The first-order valence-corrected chi connectivity index (χ1v) is 12.6. The molecule has 0 atom stereocenters. The van der Waals surface area contributed by atoms with E-state index in [1.807, 2.05) is 13.8 Å². The first kappa shape index (κ1) is 19.3. The second-order valence-electron chi connectivity index (χ2n) is 5.05. The fraction of sp³-hybridized carbons (Fsp3) is 1.00. The standard InChI is InChI=1S/C14H34O3Si2/c1-6-16-18(17-7-2)13-11-15-12-14-19(8-3,9-4)10-5/h18H,6-14H2,1-5H3. The summed E-state index contributed by atoms with van der Waals surface area (Å²) in [7, 11) is -2.46. The molecule has 5 heteroatoms. The van der Waals surface area contributed by atoms with Gasteiger partial charge in [0.1, 0.15) is 0 Å². The third-order valence-corrected chi connectivity index (χ3v) is 12.1. The minimum Gasteiger partial charge on any atom is -0.397 e. The molecule has 0 fully saturated rings. The van der Waals surface area contributed by atoms with Gasteiger partial charge in [0.2, 0.25) is 0 Å². The summed E-state index contributed by atoms with van der Waals surface area (Å²) >= 11 is 0. The van der Waals surface area contributed by atoms with Crippen molar-refractivity contribution < 1.29 is 13.6 Å². The minimum atomic E-state index is -1.45. The Morgan fingerprint density at radius 1 is 0.789 bits per heavy atom. The Kier molecular flexibility index (Phi) is 12.3. The number of rotatable bonds is 13. The molecule has 0 radical (unpaired) electrons. The highest BCUT2D eigenvalue weighted by atomic mass is 28.3. The summed E-state index contributed by atoms with van der Waals surface area (Å²) in [6, 6.07) is 6.45. The largest absolute Gasteiger partial charge is 0.397 e. The van der Waals surface area contributed by atoms with Crippen LogP contribution in [0.1, 0.15) is 34.6 Å². The molecule has 0 aromatic rings. The van der Waals surface area contributed by atoms with Crippen LogP contribution in [0.15, 0.2) is 0 Å². The molecule has 3 nitrogen and oxygen atoms in total. The first-order valence-electron chi connectivity index (χ1n) is 7.98. The van der Waals surface area contributed by atoms with Crippen molar-refractivity contribution in [3.63, 3.8) is 0 Å². The third kappa shape index (κ3) is 8.24. The van der Waals surface area contributed by atoms with Crippen LogP contribution in [0.2, 0.25) is 30.2 Å². The van der Waals surface area contributed by atoms with E-state index in [1.54, 1.807) is 0 Å². The van der Waals surface area contributed by atoms with E-state index in [1.165, 1.54) is 24.2 Å².